The molecule has 2 aromatic carbocycles. The lowest BCUT2D eigenvalue weighted by atomic mass is 10.0. The monoisotopic (exact) mass is 597 g/mol. The number of pyridine rings is 4. The van der Waals surface area contributed by atoms with Crippen LogP contribution in [0.2, 0.25) is 0 Å². The van der Waals surface area contributed by atoms with E-state index in [1.165, 1.54) is 11.1 Å². The highest BCUT2D eigenvalue weighted by atomic mass is 15.0. The van der Waals surface area contributed by atoms with Crippen LogP contribution in [0.1, 0.15) is 19.4 Å². The highest BCUT2D eigenvalue weighted by Crippen LogP contribution is 2.28. The van der Waals surface area contributed by atoms with E-state index in [1.807, 2.05) is 98.2 Å². The van der Waals surface area contributed by atoms with Crippen molar-refractivity contribution in [1.82, 2.24) is 34.9 Å². The van der Waals surface area contributed by atoms with Crippen LogP contribution >= 0.6 is 0 Å². The van der Waals surface area contributed by atoms with E-state index in [2.05, 4.69) is 57.2 Å². The molecule has 0 atom stereocenters. The minimum atomic E-state index is 0.534. The van der Waals surface area contributed by atoms with E-state index in [1.54, 1.807) is 31.0 Å². The summed E-state index contributed by atoms with van der Waals surface area (Å²) in [6.45, 7) is 4.13. The smallest absolute Gasteiger partial charge is 0.182 e. The highest BCUT2D eigenvalue weighted by Gasteiger charge is 2.13. The number of benzene rings is 2. The molecule has 46 heavy (non-hydrogen) atoms. The number of nitrogens with zero attached hydrogens (tertiary/aromatic N) is 7. The fourth-order valence-electron chi connectivity index (χ4n) is 4.74. The lowest BCUT2D eigenvalue weighted by molar-refractivity contribution is 1.06. The van der Waals surface area contributed by atoms with E-state index in [-0.39, 0.29) is 0 Å². The standard InChI is InChI=1S/C30H20N6.C9H11N/c1-2-16-33-27(3-1)30-35-28(25-8-4-21(5-9-25)23-12-17-31-18-13-23)34-29(36-30)26-10-6-22(7-11-26)24-14-19-32-20-15-24;1-3-8(2)9-4-6-10-7-5-9/h1-20H;3-7H,1-2H3/b;8-3+. The summed E-state index contributed by atoms with van der Waals surface area (Å²) in [4.78, 5) is 31.0. The summed E-state index contributed by atoms with van der Waals surface area (Å²) in [5.41, 5.74) is 9.47. The molecule has 5 aromatic heterocycles. The molecule has 0 radical (unpaired) electrons. The molecular weight excluding hydrogens is 566 g/mol. The van der Waals surface area contributed by atoms with Crippen LogP contribution in [0.5, 0.6) is 0 Å². The first kappa shape index (κ1) is 29.8. The largest absolute Gasteiger partial charge is 0.265 e. The summed E-state index contributed by atoms with van der Waals surface area (Å²) < 4.78 is 0. The van der Waals surface area contributed by atoms with Gasteiger partial charge >= 0.3 is 0 Å². The Hall–Kier alpha value is -6.21. The third kappa shape index (κ3) is 7.29. The van der Waals surface area contributed by atoms with Crippen molar-refractivity contribution in [2.45, 2.75) is 13.8 Å². The molecule has 0 amide bonds. The molecule has 222 valence electrons. The average molecular weight is 598 g/mol. The average Bonchev–Trinajstić information content (AvgIpc) is 3.16. The number of rotatable bonds is 6. The number of aromatic nitrogens is 7. The summed E-state index contributed by atoms with van der Waals surface area (Å²) in [5, 5.41) is 0. The molecule has 5 heterocycles. The van der Waals surface area contributed by atoms with Gasteiger partial charge in [0.25, 0.3) is 0 Å². The highest BCUT2D eigenvalue weighted by molar-refractivity contribution is 5.71. The zero-order valence-electron chi connectivity index (χ0n) is 25.6. The SMILES string of the molecule is C/C=C(\C)c1ccncc1.c1ccc(-c2nc(-c3ccc(-c4ccncc4)cc3)nc(-c3ccc(-c4ccncc4)cc3)n2)nc1. The van der Waals surface area contributed by atoms with Crippen LogP contribution in [0.4, 0.5) is 0 Å². The van der Waals surface area contributed by atoms with Gasteiger partial charge in [-0.05, 0) is 95.8 Å². The van der Waals surface area contributed by atoms with Gasteiger partial charge in [0.05, 0.1) is 0 Å². The second-order valence-corrected chi connectivity index (χ2v) is 10.4. The molecule has 7 aromatic rings. The summed E-state index contributed by atoms with van der Waals surface area (Å²) >= 11 is 0. The zero-order chi connectivity index (χ0) is 31.6. The summed E-state index contributed by atoms with van der Waals surface area (Å²) in [6.07, 6.45) is 14.6. The van der Waals surface area contributed by atoms with Gasteiger partial charge in [-0.1, -0.05) is 60.7 Å². The van der Waals surface area contributed by atoms with Crippen molar-refractivity contribution in [2.24, 2.45) is 0 Å². The van der Waals surface area contributed by atoms with Gasteiger partial charge in [-0.25, -0.2) is 15.0 Å². The number of allylic oxidation sites excluding steroid dienone is 2. The van der Waals surface area contributed by atoms with Crippen LogP contribution in [-0.4, -0.2) is 34.9 Å². The van der Waals surface area contributed by atoms with Crippen LogP contribution in [-0.2, 0) is 0 Å². The number of hydrogen-bond acceptors (Lipinski definition) is 7. The lowest BCUT2D eigenvalue weighted by Crippen LogP contribution is -2.01. The van der Waals surface area contributed by atoms with Crippen molar-refractivity contribution in [2.75, 3.05) is 0 Å². The van der Waals surface area contributed by atoms with E-state index >= 15 is 0 Å². The Balaban J connectivity index is 0.000000319. The first-order chi connectivity index (χ1) is 22.7. The molecule has 7 heteroatoms. The van der Waals surface area contributed by atoms with E-state index in [4.69, 9.17) is 15.0 Å². The molecule has 0 unspecified atom stereocenters. The maximum absolute atomic E-state index is 4.83. The predicted octanol–water partition coefficient (Wildman–Crippen LogP) is 8.90. The molecule has 0 saturated heterocycles. The minimum Gasteiger partial charge on any atom is -0.265 e. The molecule has 0 spiro atoms. The van der Waals surface area contributed by atoms with Gasteiger partial charge in [0.1, 0.15) is 5.69 Å². The summed E-state index contributed by atoms with van der Waals surface area (Å²) in [6, 6.07) is 34.1. The molecule has 0 saturated carbocycles. The fraction of sp³-hybridized carbons (Fsp3) is 0.0513. The second-order valence-electron chi connectivity index (χ2n) is 10.4. The van der Waals surface area contributed by atoms with Crippen LogP contribution in [0, 0.1) is 0 Å². The fourth-order valence-corrected chi connectivity index (χ4v) is 4.74. The third-order valence-corrected chi connectivity index (χ3v) is 7.41. The minimum absolute atomic E-state index is 0.534. The van der Waals surface area contributed by atoms with Gasteiger partial charge in [-0.2, -0.15) is 0 Å². The first-order valence-corrected chi connectivity index (χ1v) is 14.9. The first-order valence-electron chi connectivity index (χ1n) is 14.9. The van der Waals surface area contributed by atoms with Gasteiger partial charge in [0, 0.05) is 54.5 Å². The van der Waals surface area contributed by atoms with Crippen molar-refractivity contribution in [1.29, 1.82) is 0 Å². The molecule has 0 aliphatic carbocycles. The van der Waals surface area contributed by atoms with Crippen molar-refractivity contribution < 1.29 is 0 Å². The zero-order valence-corrected chi connectivity index (χ0v) is 25.6. The molecule has 0 fully saturated rings. The quantitative estimate of drug-likeness (QED) is 0.189. The van der Waals surface area contributed by atoms with Crippen LogP contribution in [0.15, 0.2) is 153 Å². The van der Waals surface area contributed by atoms with Gasteiger partial charge in [-0.15, -0.1) is 0 Å². The maximum atomic E-state index is 4.83. The van der Waals surface area contributed by atoms with Crippen molar-refractivity contribution in [3.63, 3.8) is 0 Å². The Bertz CT molecular complexity index is 1910. The normalized spacial score (nSPS) is 11.0. The van der Waals surface area contributed by atoms with Crippen molar-refractivity contribution in [3.8, 4) is 56.5 Å². The maximum Gasteiger partial charge on any atom is 0.182 e. The van der Waals surface area contributed by atoms with E-state index in [9.17, 15) is 0 Å². The van der Waals surface area contributed by atoms with Crippen molar-refractivity contribution in [3.05, 3.63) is 158 Å². The Morgan fingerprint density at radius 3 is 1.28 bits per heavy atom. The topological polar surface area (TPSA) is 90.2 Å². The predicted molar refractivity (Wildman–Crippen MR) is 184 cm³/mol. The van der Waals surface area contributed by atoms with E-state index in [0.717, 1.165) is 33.4 Å². The van der Waals surface area contributed by atoms with Crippen molar-refractivity contribution >= 4 is 5.57 Å². The van der Waals surface area contributed by atoms with E-state index < -0.39 is 0 Å². The molecule has 7 rings (SSSR count). The van der Waals surface area contributed by atoms with Gasteiger partial charge in [-0.3, -0.25) is 19.9 Å². The van der Waals surface area contributed by atoms with Crippen LogP contribution < -0.4 is 0 Å². The number of hydrogen-bond donors (Lipinski definition) is 0. The van der Waals surface area contributed by atoms with Crippen LogP contribution in [0.3, 0.4) is 0 Å². The van der Waals surface area contributed by atoms with Crippen LogP contribution in [0.25, 0.3) is 62.1 Å². The van der Waals surface area contributed by atoms with E-state index in [0.29, 0.717) is 23.2 Å². The Morgan fingerprint density at radius 1 is 0.435 bits per heavy atom. The van der Waals surface area contributed by atoms with Gasteiger partial charge in [0.15, 0.2) is 17.5 Å². The molecule has 0 aliphatic heterocycles. The van der Waals surface area contributed by atoms with Gasteiger partial charge in [0.2, 0.25) is 0 Å². The molecule has 0 bridgehead atoms. The molecular formula is C39H31N7. The summed E-state index contributed by atoms with van der Waals surface area (Å²) in [7, 11) is 0. The molecule has 0 N–H and O–H groups in total. The Morgan fingerprint density at radius 2 is 0.848 bits per heavy atom. The molecule has 0 aliphatic rings. The lowest BCUT2D eigenvalue weighted by Gasteiger charge is -2.09. The summed E-state index contributed by atoms with van der Waals surface area (Å²) in [5.74, 6) is 1.73. The Kier molecular flexibility index (Phi) is 9.41. The second kappa shape index (κ2) is 14.5. The van der Waals surface area contributed by atoms with Gasteiger partial charge < -0.3 is 0 Å². The third-order valence-electron chi connectivity index (χ3n) is 7.41. The Labute approximate surface area is 268 Å². The molecule has 7 nitrogen and oxygen atoms in total.